The van der Waals surface area contributed by atoms with Gasteiger partial charge in [0.2, 0.25) is 0 Å². The molecule has 0 saturated carbocycles. The minimum absolute atomic E-state index is 0.313. The first kappa shape index (κ1) is 13.6. The lowest BCUT2D eigenvalue weighted by Gasteiger charge is -2.16. The van der Waals surface area contributed by atoms with E-state index in [-0.39, 0.29) is 0 Å². The van der Waals surface area contributed by atoms with Crippen molar-refractivity contribution in [3.05, 3.63) is 35.9 Å². The van der Waals surface area contributed by atoms with E-state index in [2.05, 4.69) is 38.7 Å². The molecular formula is C13H20N6. The van der Waals surface area contributed by atoms with E-state index in [0.29, 0.717) is 6.04 Å². The predicted octanol–water partition coefficient (Wildman–Crippen LogP) is 0.758. The molecule has 2 aromatic heterocycles. The second kappa shape index (κ2) is 6.94. The van der Waals surface area contributed by atoms with Crippen LogP contribution in [0, 0.1) is 0 Å². The number of aromatic nitrogens is 5. The van der Waals surface area contributed by atoms with E-state index >= 15 is 0 Å². The average molecular weight is 260 g/mol. The molecule has 0 fully saturated rings. The molecule has 102 valence electrons. The summed E-state index contributed by atoms with van der Waals surface area (Å²) in [6, 6.07) is 4.37. The van der Waals surface area contributed by atoms with E-state index in [9.17, 15) is 0 Å². The summed E-state index contributed by atoms with van der Waals surface area (Å²) in [4.78, 5) is 5.65. The van der Waals surface area contributed by atoms with Crippen molar-refractivity contribution in [2.75, 3.05) is 6.54 Å². The molecule has 2 aromatic rings. The van der Waals surface area contributed by atoms with E-state index in [1.54, 1.807) is 13.2 Å². The van der Waals surface area contributed by atoms with Crippen LogP contribution in [-0.4, -0.2) is 37.8 Å². The zero-order valence-electron chi connectivity index (χ0n) is 11.5. The maximum Gasteiger partial charge on any atom is 0.176 e. The van der Waals surface area contributed by atoms with E-state index < -0.39 is 0 Å². The van der Waals surface area contributed by atoms with Gasteiger partial charge in [0.25, 0.3) is 0 Å². The molecule has 0 aliphatic rings. The zero-order chi connectivity index (χ0) is 13.5. The molecule has 19 heavy (non-hydrogen) atoms. The predicted molar refractivity (Wildman–Crippen MR) is 72.5 cm³/mol. The van der Waals surface area contributed by atoms with Crippen LogP contribution >= 0.6 is 0 Å². The maximum absolute atomic E-state index is 4.24. The smallest absolute Gasteiger partial charge is 0.176 e. The molecule has 2 rings (SSSR count). The number of rotatable bonds is 7. The van der Waals surface area contributed by atoms with Crippen molar-refractivity contribution in [3.8, 4) is 0 Å². The van der Waals surface area contributed by atoms with E-state index in [0.717, 1.165) is 31.6 Å². The van der Waals surface area contributed by atoms with Crippen molar-refractivity contribution < 1.29 is 0 Å². The third-order valence-electron chi connectivity index (χ3n) is 2.87. The zero-order valence-corrected chi connectivity index (χ0v) is 11.5. The Morgan fingerprint density at radius 3 is 2.89 bits per heavy atom. The van der Waals surface area contributed by atoms with Crippen LogP contribution in [0.5, 0.6) is 0 Å². The molecule has 6 heteroatoms. The molecule has 0 radical (unpaired) electrons. The Hall–Kier alpha value is -1.82. The van der Waals surface area contributed by atoms with Crippen molar-refractivity contribution in [1.82, 2.24) is 30.5 Å². The highest BCUT2D eigenvalue weighted by Gasteiger charge is 2.13. The summed E-state index contributed by atoms with van der Waals surface area (Å²) in [5.41, 5.74) is 1.22. The van der Waals surface area contributed by atoms with Gasteiger partial charge in [0, 0.05) is 24.9 Å². The van der Waals surface area contributed by atoms with Crippen LogP contribution in [-0.2, 0) is 19.9 Å². The topological polar surface area (TPSA) is 68.5 Å². The average Bonchev–Trinajstić information content (AvgIpc) is 2.82. The Kier molecular flexibility index (Phi) is 4.97. The lowest BCUT2D eigenvalue weighted by atomic mass is 10.0. The van der Waals surface area contributed by atoms with Crippen molar-refractivity contribution in [2.24, 2.45) is 7.05 Å². The third kappa shape index (κ3) is 4.40. The Balaban J connectivity index is 1.99. The maximum atomic E-state index is 4.24. The SMILES string of the molecule is CCCNC(Cc1cccnc1)Cc1nnn(C)n1. The van der Waals surface area contributed by atoms with Gasteiger partial charge in [-0.1, -0.05) is 13.0 Å². The summed E-state index contributed by atoms with van der Waals surface area (Å²) in [5, 5.41) is 15.7. The number of nitrogens with zero attached hydrogens (tertiary/aromatic N) is 5. The fraction of sp³-hybridized carbons (Fsp3) is 0.538. The Morgan fingerprint density at radius 2 is 2.26 bits per heavy atom. The quantitative estimate of drug-likeness (QED) is 0.796. The lowest BCUT2D eigenvalue weighted by molar-refractivity contribution is 0.493. The molecule has 0 spiro atoms. The van der Waals surface area contributed by atoms with Crippen molar-refractivity contribution in [2.45, 2.75) is 32.2 Å². The van der Waals surface area contributed by atoms with Gasteiger partial charge >= 0.3 is 0 Å². The molecule has 6 nitrogen and oxygen atoms in total. The molecule has 1 atom stereocenters. The Morgan fingerprint density at radius 1 is 1.37 bits per heavy atom. The molecule has 0 aliphatic carbocycles. The largest absolute Gasteiger partial charge is 0.313 e. The van der Waals surface area contributed by atoms with Gasteiger partial charge in [0.15, 0.2) is 5.82 Å². The summed E-state index contributed by atoms with van der Waals surface area (Å²) in [7, 11) is 1.78. The molecule has 0 amide bonds. The highest BCUT2D eigenvalue weighted by atomic mass is 15.6. The minimum atomic E-state index is 0.313. The van der Waals surface area contributed by atoms with Crippen LogP contribution in [0.1, 0.15) is 24.7 Å². The van der Waals surface area contributed by atoms with Crippen LogP contribution in [0.4, 0.5) is 0 Å². The second-order valence-corrected chi connectivity index (χ2v) is 4.62. The molecule has 2 heterocycles. The summed E-state index contributed by atoms with van der Waals surface area (Å²) >= 11 is 0. The summed E-state index contributed by atoms with van der Waals surface area (Å²) in [6.07, 6.45) is 6.51. The first-order valence-electron chi connectivity index (χ1n) is 6.63. The van der Waals surface area contributed by atoms with Crippen LogP contribution in [0.25, 0.3) is 0 Å². The number of hydrogen-bond acceptors (Lipinski definition) is 5. The summed E-state index contributed by atoms with van der Waals surface area (Å²) < 4.78 is 0. The number of tetrazole rings is 1. The lowest BCUT2D eigenvalue weighted by Crippen LogP contribution is -2.34. The summed E-state index contributed by atoms with van der Waals surface area (Å²) in [6.45, 7) is 3.15. The number of nitrogens with one attached hydrogen (secondary N) is 1. The van der Waals surface area contributed by atoms with Gasteiger partial charge in [-0.3, -0.25) is 4.98 Å². The van der Waals surface area contributed by atoms with Gasteiger partial charge in [-0.15, -0.1) is 10.2 Å². The highest BCUT2D eigenvalue weighted by Crippen LogP contribution is 2.05. The van der Waals surface area contributed by atoms with Gasteiger partial charge in [-0.25, -0.2) is 0 Å². The number of pyridine rings is 1. The monoisotopic (exact) mass is 260 g/mol. The molecule has 0 bridgehead atoms. The molecule has 1 N–H and O–H groups in total. The van der Waals surface area contributed by atoms with Gasteiger partial charge in [-0.05, 0) is 36.2 Å². The van der Waals surface area contributed by atoms with Crippen molar-refractivity contribution in [3.63, 3.8) is 0 Å². The number of hydrogen-bond donors (Lipinski definition) is 1. The fourth-order valence-electron chi connectivity index (χ4n) is 1.99. The highest BCUT2D eigenvalue weighted by molar-refractivity contribution is 5.10. The van der Waals surface area contributed by atoms with Crippen LogP contribution in [0.15, 0.2) is 24.5 Å². The van der Waals surface area contributed by atoms with Gasteiger partial charge in [0.05, 0.1) is 7.05 Å². The normalized spacial score (nSPS) is 12.5. The standard InChI is InChI=1S/C13H20N6/c1-3-6-15-12(8-11-5-4-7-14-10-11)9-13-16-18-19(2)17-13/h4-5,7,10,12,15H,3,6,8-9H2,1-2H3. The van der Waals surface area contributed by atoms with Crippen molar-refractivity contribution >= 4 is 0 Å². The van der Waals surface area contributed by atoms with Gasteiger partial charge in [0.1, 0.15) is 0 Å². The van der Waals surface area contributed by atoms with Crippen LogP contribution in [0.2, 0.25) is 0 Å². The van der Waals surface area contributed by atoms with E-state index in [4.69, 9.17) is 0 Å². The molecule has 0 saturated heterocycles. The van der Waals surface area contributed by atoms with Crippen LogP contribution < -0.4 is 5.32 Å². The molecule has 0 aromatic carbocycles. The van der Waals surface area contributed by atoms with Gasteiger partial charge in [-0.2, -0.15) is 4.80 Å². The summed E-state index contributed by atoms with van der Waals surface area (Å²) in [5.74, 6) is 0.778. The molecule has 1 unspecified atom stereocenters. The molecular weight excluding hydrogens is 240 g/mol. The minimum Gasteiger partial charge on any atom is -0.313 e. The Labute approximate surface area is 113 Å². The van der Waals surface area contributed by atoms with E-state index in [1.165, 1.54) is 10.4 Å². The first-order valence-corrected chi connectivity index (χ1v) is 6.63. The van der Waals surface area contributed by atoms with Gasteiger partial charge < -0.3 is 5.32 Å². The first-order chi connectivity index (χ1) is 9.28. The fourth-order valence-corrected chi connectivity index (χ4v) is 1.99. The van der Waals surface area contributed by atoms with Crippen molar-refractivity contribution in [1.29, 1.82) is 0 Å². The molecule has 0 aliphatic heterocycles. The van der Waals surface area contributed by atoms with Crippen LogP contribution in [0.3, 0.4) is 0 Å². The Bertz CT molecular complexity index is 481. The second-order valence-electron chi connectivity index (χ2n) is 4.62. The number of aryl methyl sites for hydroxylation is 1. The van der Waals surface area contributed by atoms with E-state index in [1.807, 2.05) is 12.3 Å². The third-order valence-corrected chi connectivity index (χ3v) is 2.87.